The van der Waals surface area contributed by atoms with Gasteiger partial charge >= 0.3 is 0 Å². The highest BCUT2D eigenvalue weighted by Crippen LogP contribution is 2.02. The van der Waals surface area contributed by atoms with Crippen LogP contribution in [-0.2, 0) is 4.74 Å². The first-order valence-electron chi connectivity index (χ1n) is 3.23. The first-order chi connectivity index (χ1) is 5.43. The summed E-state index contributed by atoms with van der Waals surface area (Å²) in [5.41, 5.74) is 0. The molecule has 0 bridgehead atoms. The second kappa shape index (κ2) is 4.62. The molecule has 4 heteroatoms. The second-order valence-electron chi connectivity index (χ2n) is 1.86. The molecule has 11 heavy (non-hydrogen) atoms. The molecule has 0 aliphatic rings. The molecule has 0 N–H and O–H groups in total. The topological polar surface area (TPSA) is 44.2 Å². The van der Waals surface area contributed by atoms with E-state index in [9.17, 15) is 0 Å². The molecule has 0 aromatic carbocycles. The van der Waals surface area contributed by atoms with Crippen molar-refractivity contribution < 1.29 is 9.47 Å². The van der Waals surface area contributed by atoms with Crippen LogP contribution in [0.3, 0.4) is 0 Å². The number of aromatic nitrogens is 2. The van der Waals surface area contributed by atoms with Crippen LogP contribution < -0.4 is 4.74 Å². The summed E-state index contributed by atoms with van der Waals surface area (Å²) in [7, 11) is 1.62. The summed E-state index contributed by atoms with van der Waals surface area (Å²) in [6, 6.07) is 0. The molecule has 4 nitrogen and oxygen atoms in total. The van der Waals surface area contributed by atoms with Gasteiger partial charge in [-0.05, 0) is 0 Å². The lowest BCUT2D eigenvalue weighted by Crippen LogP contribution is -2.04. The summed E-state index contributed by atoms with van der Waals surface area (Å²) in [4.78, 5) is 7.32. The van der Waals surface area contributed by atoms with E-state index < -0.39 is 0 Å². The molecule has 0 unspecified atom stereocenters. The minimum Gasteiger partial charge on any atom is -0.488 e. The molecule has 0 fully saturated rings. The molecule has 1 rings (SSSR count). The smallest absolute Gasteiger partial charge is 0.197 e. The fraction of sp³-hybridized carbons (Fsp3) is 0.429. The molecule has 59 valence electrons. The van der Waals surface area contributed by atoms with Crippen LogP contribution in [0.2, 0.25) is 0 Å². The van der Waals surface area contributed by atoms with E-state index in [-0.39, 0.29) is 0 Å². The van der Waals surface area contributed by atoms with Gasteiger partial charge in [0, 0.05) is 7.11 Å². The predicted octanol–water partition coefficient (Wildman–Crippen LogP) is 0.302. The van der Waals surface area contributed by atoms with Crippen LogP contribution in [0, 0.1) is 6.33 Å². The Morgan fingerprint density at radius 1 is 1.36 bits per heavy atom. The summed E-state index contributed by atoms with van der Waals surface area (Å²) in [6.45, 7) is 1.09. The van der Waals surface area contributed by atoms with Crippen molar-refractivity contribution in [3.63, 3.8) is 0 Å². The lowest BCUT2D eigenvalue weighted by Gasteiger charge is -2.02. The highest BCUT2D eigenvalue weighted by Gasteiger charge is 1.90. The van der Waals surface area contributed by atoms with E-state index in [0.717, 1.165) is 0 Å². The van der Waals surface area contributed by atoms with Gasteiger partial charge in [0.05, 0.1) is 19.0 Å². The Bertz CT molecular complexity index is 191. The molecule has 1 aromatic heterocycles. The van der Waals surface area contributed by atoms with Crippen LogP contribution in [0.15, 0.2) is 12.4 Å². The first kappa shape index (κ1) is 7.94. The average Bonchev–Trinajstić information content (AvgIpc) is 2.07. The lowest BCUT2D eigenvalue weighted by atomic mass is 10.6. The number of hydrogen-bond acceptors (Lipinski definition) is 4. The first-order valence-corrected chi connectivity index (χ1v) is 3.23. The normalized spacial score (nSPS) is 9.55. The molecule has 1 heterocycles. The minimum absolute atomic E-state index is 0.518. The molecule has 0 aliphatic heterocycles. The van der Waals surface area contributed by atoms with Crippen molar-refractivity contribution in [1.29, 1.82) is 0 Å². The quantitative estimate of drug-likeness (QED) is 0.583. The van der Waals surface area contributed by atoms with E-state index in [2.05, 4.69) is 16.3 Å². The van der Waals surface area contributed by atoms with Gasteiger partial charge in [-0.1, -0.05) is 0 Å². The van der Waals surface area contributed by atoms with E-state index in [1.54, 1.807) is 19.5 Å². The van der Waals surface area contributed by atoms with Gasteiger partial charge in [-0.2, -0.15) is 0 Å². The van der Waals surface area contributed by atoms with Crippen molar-refractivity contribution >= 4 is 0 Å². The molecule has 0 amide bonds. The van der Waals surface area contributed by atoms with Crippen LogP contribution in [0.5, 0.6) is 5.75 Å². The molecule has 1 aromatic rings. The average molecular weight is 153 g/mol. The van der Waals surface area contributed by atoms with Gasteiger partial charge in [-0.25, -0.2) is 9.97 Å². The van der Waals surface area contributed by atoms with Crippen molar-refractivity contribution in [3.05, 3.63) is 18.7 Å². The van der Waals surface area contributed by atoms with Crippen molar-refractivity contribution in [2.45, 2.75) is 0 Å². The van der Waals surface area contributed by atoms with E-state index in [4.69, 9.17) is 9.47 Å². The highest BCUT2D eigenvalue weighted by molar-refractivity contribution is 5.09. The fourth-order valence-corrected chi connectivity index (χ4v) is 0.569. The van der Waals surface area contributed by atoms with Gasteiger partial charge < -0.3 is 9.47 Å². The van der Waals surface area contributed by atoms with Crippen LogP contribution in [-0.4, -0.2) is 30.3 Å². The summed E-state index contributed by atoms with van der Waals surface area (Å²) in [5, 5.41) is 0. The van der Waals surface area contributed by atoms with E-state index in [0.29, 0.717) is 19.0 Å². The summed E-state index contributed by atoms with van der Waals surface area (Å²) in [6.07, 6.45) is 5.53. The Balaban J connectivity index is 2.28. The zero-order valence-corrected chi connectivity index (χ0v) is 6.28. The standard InChI is InChI=1S/C7H9N2O2/c1-10-2-3-11-7-4-8-6-9-5-7/h4-5H,2-3H2,1H3. The van der Waals surface area contributed by atoms with Crippen LogP contribution in [0.4, 0.5) is 0 Å². The van der Waals surface area contributed by atoms with E-state index >= 15 is 0 Å². The van der Waals surface area contributed by atoms with E-state index in [1.807, 2.05) is 0 Å². The number of nitrogens with zero attached hydrogens (tertiary/aromatic N) is 2. The minimum atomic E-state index is 0.518. The lowest BCUT2D eigenvalue weighted by molar-refractivity contribution is 0.146. The summed E-state index contributed by atoms with van der Waals surface area (Å²) >= 11 is 0. The summed E-state index contributed by atoms with van der Waals surface area (Å²) < 4.78 is 9.97. The molecule has 0 saturated carbocycles. The van der Waals surface area contributed by atoms with Gasteiger partial charge in [-0.3, -0.25) is 0 Å². The molecule has 0 aliphatic carbocycles. The molecule has 1 radical (unpaired) electrons. The van der Waals surface area contributed by atoms with Crippen molar-refractivity contribution in [1.82, 2.24) is 9.97 Å². The third-order valence-electron chi connectivity index (χ3n) is 1.06. The van der Waals surface area contributed by atoms with Gasteiger partial charge in [0.2, 0.25) is 0 Å². The monoisotopic (exact) mass is 153 g/mol. The Hall–Kier alpha value is -1.16. The number of rotatable bonds is 4. The molecular weight excluding hydrogens is 144 g/mol. The maximum Gasteiger partial charge on any atom is 0.197 e. The van der Waals surface area contributed by atoms with Gasteiger partial charge in [0.15, 0.2) is 12.1 Å². The Kier molecular flexibility index (Phi) is 3.34. The summed E-state index contributed by atoms with van der Waals surface area (Å²) in [5.74, 6) is 0.640. The maximum atomic E-state index is 5.18. The number of hydrogen-bond donors (Lipinski definition) is 0. The van der Waals surface area contributed by atoms with Crippen molar-refractivity contribution in [3.8, 4) is 5.75 Å². The van der Waals surface area contributed by atoms with Crippen LogP contribution in [0.1, 0.15) is 0 Å². The number of methoxy groups -OCH3 is 1. The van der Waals surface area contributed by atoms with Crippen molar-refractivity contribution in [2.24, 2.45) is 0 Å². The Labute approximate surface area is 65.2 Å². The van der Waals surface area contributed by atoms with Gasteiger partial charge in [0.1, 0.15) is 6.61 Å². The highest BCUT2D eigenvalue weighted by atomic mass is 16.5. The molecule has 0 atom stereocenters. The third kappa shape index (κ3) is 2.95. The van der Waals surface area contributed by atoms with Gasteiger partial charge in [0.25, 0.3) is 0 Å². The third-order valence-corrected chi connectivity index (χ3v) is 1.06. The number of ether oxygens (including phenoxy) is 2. The van der Waals surface area contributed by atoms with Crippen molar-refractivity contribution in [2.75, 3.05) is 20.3 Å². The van der Waals surface area contributed by atoms with Crippen LogP contribution in [0.25, 0.3) is 0 Å². The Morgan fingerprint density at radius 2 is 2.09 bits per heavy atom. The zero-order chi connectivity index (χ0) is 7.94. The molecule has 0 saturated heterocycles. The SMILES string of the molecule is COCCOc1cn[c]nc1. The maximum absolute atomic E-state index is 5.18. The zero-order valence-electron chi connectivity index (χ0n) is 6.28. The predicted molar refractivity (Wildman–Crippen MR) is 38.2 cm³/mol. The Morgan fingerprint density at radius 3 is 2.73 bits per heavy atom. The van der Waals surface area contributed by atoms with Crippen LogP contribution >= 0.6 is 0 Å². The second-order valence-corrected chi connectivity index (χ2v) is 1.86. The van der Waals surface area contributed by atoms with E-state index in [1.165, 1.54) is 0 Å². The largest absolute Gasteiger partial charge is 0.488 e. The fourth-order valence-electron chi connectivity index (χ4n) is 0.569. The molecular formula is C7H9N2O2. The molecule has 0 spiro atoms. The van der Waals surface area contributed by atoms with Gasteiger partial charge in [-0.15, -0.1) is 0 Å².